The van der Waals surface area contributed by atoms with E-state index < -0.39 is 0 Å². The summed E-state index contributed by atoms with van der Waals surface area (Å²) >= 11 is 3.08. The first kappa shape index (κ1) is 18.2. The maximum Gasteiger partial charge on any atom is 0.279 e. The van der Waals surface area contributed by atoms with Gasteiger partial charge in [0.2, 0.25) is 0 Å². The van der Waals surface area contributed by atoms with Crippen LogP contribution in [0, 0.1) is 0 Å². The van der Waals surface area contributed by atoms with Gasteiger partial charge in [-0.05, 0) is 17.0 Å². The molecule has 29 heavy (non-hydrogen) atoms. The highest BCUT2D eigenvalue weighted by molar-refractivity contribution is 7.16. The van der Waals surface area contributed by atoms with Gasteiger partial charge in [-0.2, -0.15) is 0 Å². The lowest BCUT2D eigenvalue weighted by atomic mass is 10.1. The molecule has 0 fully saturated rings. The Bertz CT molecular complexity index is 1120. The summed E-state index contributed by atoms with van der Waals surface area (Å²) in [6.07, 6.45) is 0.890. The Morgan fingerprint density at radius 3 is 2.93 bits per heavy atom. The van der Waals surface area contributed by atoms with E-state index in [0.717, 1.165) is 36.6 Å². The summed E-state index contributed by atoms with van der Waals surface area (Å²) in [5.41, 5.74) is 2.64. The van der Waals surface area contributed by atoms with E-state index in [2.05, 4.69) is 44.6 Å². The molecule has 1 aliphatic rings. The average Bonchev–Trinajstić information content (AvgIpc) is 3.48. The molecule has 0 saturated carbocycles. The molecule has 0 aliphatic carbocycles. The van der Waals surface area contributed by atoms with E-state index in [0.29, 0.717) is 10.9 Å². The van der Waals surface area contributed by atoms with Crippen molar-refractivity contribution in [2.24, 2.45) is 0 Å². The number of aromatic nitrogens is 2. The minimum absolute atomic E-state index is 0.257. The quantitative estimate of drug-likeness (QED) is 0.506. The highest BCUT2D eigenvalue weighted by Gasteiger charge is 2.22. The predicted molar refractivity (Wildman–Crippen MR) is 114 cm³/mol. The number of carbonyl (C=O) groups is 1. The lowest BCUT2D eigenvalue weighted by Crippen LogP contribution is -2.29. The molecule has 146 valence electrons. The molecule has 1 aliphatic heterocycles. The molecule has 6 nitrogen and oxygen atoms in total. The summed E-state index contributed by atoms with van der Waals surface area (Å²) in [5, 5.41) is 9.34. The Hall–Kier alpha value is -2.81. The zero-order valence-electron chi connectivity index (χ0n) is 15.5. The molecular formula is C21H18N4O2S2. The van der Waals surface area contributed by atoms with Crippen LogP contribution in [0.15, 0.2) is 58.4 Å². The number of fused-ring (bicyclic) bond motifs is 1. The second-order valence-electron chi connectivity index (χ2n) is 6.84. The molecule has 0 unspecified atom stereocenters. The predicted octanol–water partition coefficient (Wildman–Crippen LogP) is 4.67. The maximum atomic E-state index is 12.5. The SMILES string of the molecule is O=C(Nc1nc2c(s1)CN(Cc1ccccc1)CC2)c1cc(-c2cccs2)on1. The molecule has 0 atom stereocenters. The summed E-state index contributed by atoms with van der Waals surface area (Å²) in [4.78, 5) is 21.7. The molecular weight excluding hydrogens is 404 g/mol. The van der Waals surface area contributed by atoms with Crippen LogP contribution in [-0.4, -0.2) is 27.5 Å². The second kappa shape index (κ2) is 7.90. The second-order valence-corrected chi connectivity index (χ2v) is 8.87. The van der Waals surface area contributed by atoms with E-state index in [4.69, 9.17) is 4.52 Å². The highest BCUT2D eigenvalue weighted by atomic mass is 32.1. The van der Waals surface area contributed by atoms with Crippen molar-refractivity contribution in [3.63, 3.8) is 0 Å². The Balaban J connectivity index is 1.25. The van der Waals surface area contributed by atoms with Crippen molar-refractivity contribution in [3.05, 3.63) is 75.7 Å². The van der Waals surface area contributed by atoms with Gasteiger partial charge < -0.3 is 4.52 Å². The third-order valence-electron chi connectivity index (χ3n) is 4.79. The largest absolute Gasteiger partial charge is 0.355 e. The third kappa shape index (κ3) is 4.00. The van der Waals surface area contributed by atoms with E-state index in [-0.39, 0.29) is 11.6 Å². The molecule has 0 saturated heterocycles. The Morgan fingerprint density at radius 2 is 2.10 bits per heavy atom. The van der Waals surface area contributed by atoms with E-state index in [1.807, 2.05) is 23.6 Å². The van der Waals surface area contributed by atoms with Crippen molar-refractivity contribution in [1.82, 2.24) is 15.0 Å². The van der Waals surface area contributed by atoms with Gasteiger partial charge in [0, 0.05) is 37.0 Å². The van der Waals surface area contributed by atoms with Gasteiger partial charge >= 0.3 is 0 Å². The summed E-state index contributed by atoms with van der Waals surface area (Å²) in [6, 6.07) is 16.0. The molecule has 4 heterocycles. The molecule has 1 aromatic carbocycles. The maximum absolute atomic E-state index is 12.5. The van der Waals surface area contributed by atoms with Gasteiger partial charge in [-0.1, -0.05) is 41.6 Å². The van der Waals surface area contributed by atoms with Gasteiger partial charge in [0.1, 0.15) is 0 Å². The number of nitrogens with one attached hydrogen (secondary N) is 1. The first-order valence-corrected chi connectivity index (χ1v) is 11.0. The van der Waals surface area contributed by atoms with Crippen LogP contribution in [0.4, 0.5) is 5.13 Å². The molecule has 0 spiro atoms. The van der Waals surface area contributed by atoms with Crippen molar-refractivity contribution in [1.29, 1.82) is 0 Å². The van der Waals surface area contributed by atoms with Crippen LogP contribution < -0.4 is 5.32 Å². The average molecular weight is 423 g/mol. The van der Waals surface area contributed by atoms with Gasteiger partial charge in [-0.3, -0.25) is 15.0 Å². The van der Waals surface area contributed by atoms with Crippen LogP contribution >= 0.6 is 22.7 Å². The van der Waals surface area contributed by atoms with Crippen LogP contribution in [0.1, 0.15) is 26.6 Å². The van der Waals surface area contributed by atoms with Crippen molar-refractivity contribution >= 4 is 33.7 Å². The van der Waals surface area contributed by atoms with Gasteiger partial charge in [-0.15, -0.1) is 22.7 Å². The van der Waals surface area contributed by atoms with Gasteiger partial charge in [0.15, 0.2) is 16.6 Å². The number of anilines is 1. The van der Waals surface area contributed by atoms with Crippen LogP contribution in [-0.2, 0) is 19.5 Å². The standard InChI is InChI=1S/C21H18N4O2S2/c26-20(16-11-17(27-24-16)18-7-4-10-28-18)23-21-22-15-8-9-25(13-19(15)29-21)12-14-5-2-1-3-6-14/h1-7,10-11H,8-9,12-13H2,(H,22,23,26). The number of thiophene rings is 1. The van der Waals surface area contributed by atoms with E-state index in [1.54, 1.807) is 17.4 Å². The van der Waals surface area contributed by atoms with E-state index in [1.165, 1.54) is 21.8 Å². The molecule has 4 aromatic rings. The topological polar surface area (TPSA) is 71.3 Å². The van der Waals surface area contributed by atoms with Crippen LogP contribution in [0.25, 0.3) is 10.6 Å². The minimum Gasteiger partial charge on any atom is -0.355 e. The summed E-state index contributed by atoms with van der Waals surface area (Å²) in [7, 11) is 0. The summed E-state index contributed by atoms with van der Waals surface area (Å²) < 4.78 is 5.30. The van der Waals surface area contributed by atoms with Crippen molar-refractivity contribution in [2.75, 3.05) is 11.9 Å². The van der Waals surface area contributed by atoms with Crippen LogP contribution in [0.3, 0.4) is 0 Å². The Kier molecular flexibility index (Phi) is 4.97. The molecule has 8 heteroatoms. The number of rotatable bonds is 5. The first-order chi connectivity index (χ1) is 14.2. The van der Waals surface area contributed by atoms with Crippen LogP contribution in [0.2, 0.25) is 0 Å². The summed E-state index contributed by atoms with van der Waals surface area (Å²) in [5.74, 6) is 0.295. The number of thiazole rings is 1. The summed E-state index contributed by atoms with van der Waals surface area (Å²) in [6.45, 7) is 2.74. The van der Waals surface area contributed by atoms with E-state index >= 15 is 0 Å². The Labute approximate surface area is 175 Å². The zero-order valence-corrected chi connectivity index (χ0v) is 17.1. The monoisotopic (exact) mass is 422 g/mol. The smallest absolute Gasteiger partial charge is 0.279 e. The van der Waals surface area contributed by atoms with Crippen LogP contribution in [0.5, 0.6) is 0 Å². The number of carbonyl (C=O) groups excluding carboxylic acids is 1. The fourth-order valence-corrected chi connectivity index (χ4v) is 5.08. The number of hydrogen-bond acceptors (Lipinski definition) is 7. The normalized spacial score (nSPS) is 13.9. The molecule has 0 radical (unpaired) electrons. The van der Waals surface area contributed by atoms with Crippen molar-refractivity contribution in [3.8, 4) is 10.6 Å². The number of benzene rings is 1. The zero-order chi connectivity index (χ0) is 19.6. The first-order valence-electron chi connectivity index (χ1n) is 9.31. The van der Waals surface area contributed by atoms with Gasteiger partial charge in [0.05, 0.1) is 10.6 Å². The van der Waals surface area contributed by atoms with E-state index in [9.17, 15) is 4.79 Å². The van der Waals surface area contributed by atoms with Gasteiger partial charge in [-0.25, -0.2) is 4.98 Å². The lowest BCUT2D eigenvalue weighted by Gasteiger charge is -2.25. The molecule has 5 rings (SSSR count). The van der Waals surface area contributed by atoms with Crippen molar-refractivity contribution in [2.45, 2.75) is 19.5 Å². The third-order valence-corrected chi connectivity index (χ3v) is 6.67. The molecule has 1 amide bonds. The number of hydrogen-bond donors (Lipinski definition) is 1. The minimum atomic E-state index is -0.302. The fraction of sp³-hybridized carbons (Fsp3) is 0.190. The number of amides is 1. The highest BCUT2D eigenvalue weighted by Crippen LogP contribution is 2.30. The lowest BCUT2D eigenvalue weighted by molar-refractivity contribution is 0.101. The van der Waals surface area contributed by atoms with Gasteiger partial charge in [0.25, 0.3) is 5.91 Å². The van der Waals surface area contributed by atoms with Crippen molar-refractivity contribution < 1.29 is 9.32 Å². The molecule has 3 aromatic heterocycles. The molecule has 1 N–H and O–H groups in total. The fourth-order valence-electron chi connectivity index (χ4n) is 3.36. The Morgan fingerprint density at radius 1 is 1.21 bits per heavy atom. The number of nitrogens with zero attached hydrogens (tertiary/aromatic N) is 3. The molecule has 0 bridgehead atoms.